The van der Waals surface area contributed by atoms with Gasteiger partial charge < -0.3 is 33.9 Å². The second kappa shape index (κ2) is 19.7. The molecule has 0 aromatic heterocycles. The van der Waals surface area contributed by atoms with Crippen LogP contribution in [0.3, 0.4) is 0 Å². The van der Waals surface area contributed by atoms with Gasteiger partial charge in [-0.1, -0.05) is 91.0 Å². The molecular formula is C48H52N2O8. The number of nitrogens with zero attached hydrogens (tertiary/aromatic N) is 1. The lowest BCUT2D eigenvalue weighted by Crippen LogP contribution is -2.57. The van der Waals surface area contributed by atoms with Gasteiger partial charge in [-0.3, -0.25) is 14.4 Å². The maximum absolute atomic E-state index is 15.0. The molecule has 5 aromatic rings. The Bertz CT molecular complexity index is 2090. The lowest BCUT2D eigenvalue weighted by molar-refractivity contribution is -0.140. The summed E-state index contributed by atoms with van der Waals surface area (Å²) in [5.41, 5.74) is 4.75. The Morgan fingerprint density at radius 3 is 1.64 bits per heavy atom. The number of hydrogen-bond acceptors (Lipinski definition) is 8. The molecule has 1 heterocycles. The van der Waals surface area contributed by atoms with Gasteiger partial charge in [0.05, 0.1) is 41.6 Å². The van der Waals surface area contributed by atoms with Crippen molar-refractivity contribution in [3.63, 3.8) is 0 Å². The van der Waals surface area contributed by atoms with Gasteiger partial charge in [0.2, 0.25) is 11.7 Å². The molecule has 1 N–H and O–H groups in total. The molecule has 0 spiro atoms. The fraction of sp³-hybridized carbons (Fsp3) is 0.312. The second-order valence-corrected chi connectivity index (χ2v) is 14.4. The number of methoxy groups -OCH3 is 5. The molecule has 1 aliphatic heterocycles. The highest BCUT2D eigenvalue weighted by Crippen LogP contribution is 2.44. The fourth-order valence-electron chi connectivity index (χ4n) is 7.89. The molecule has 10 heteroatoms. The molecule has 5 aromatic carbocycles. The van der Waals surface area contributed by atoms with E-state index in [1.165, 1.54) is 49.5 Å². The summed E-state index contributed by atoms with van der Waals surface area (Å²) in [6, 6.07) is 34.6. The molecule has 0 bridgehead atoms. The molecule has 0 saturated heterocycles. The van der Waals surface area contributed by atoms with Crippen molar-refractivity contribution in [3.05, 3.63) is 149 Å². The number of aryl methyl sites for hydroxylation is 2. The average Bonchev–Trinajstić information content (AvgIpc) is 3.27. The predicted octanol–water partition coefficient (Wildman–Crippen LogP) is 7.99. The van der Waals surface area contributed by atoms with Crippen LogP contribution < -0.4 is 29.0 Å². The van der Waals surface area contributed by atoms with E-state index in [2.05, 4.69) is 29.6 Å². The van der Waals surface area contributed by atoms with Crippen molar-refractivity contribution in [1.29, 1.82) is 0 Å². The average molecular weight is 785 g/mol. The lowest BCUT2D eigenvalue weighted by Gasteiger charge is -2.43. The van der Waals surface area contributed by atoms with Crippen molar-refractivity contribution in [1.82, 2.24) is 10.2 Å². The van der Waals surface area contributed by atoms with Crippen molar-refractivity contribution < 1.29 is 38.1 Å². The van der Waals surface area contributed by atoms with Crippen LogP contribution in [0.25, 0.3) is 0 Å². The summed E-state index contributed by atoms with van der Waals surface area (Å²) in [7, 11) is 7.46. The number of ketones is 1. The van der Waals surface area contributed by atoms with Gasteiger partial charge in [-0.2, -0.15) is 0 Å². The quantitative estimate of drug-likeness (QED) is 0.0704. The summed E-state index contributed by atoms with van der Waals surface area (Å²) in [5, 5.41) is 3.37. The highest BCUT2D eigenvalue weighted by molar-refractivity contribution is 6.43. The Morgan fingerprint density at radius 1 is 0.638 bits per heavy atom. The van der Waals surface area contributed by atoms with Crippen molar-refractivity contribution >= 4 is 17.6 Å². The molecule has 2 atom stereocenters. The summed E-state index contributed by atoms with van der Waals surface area (Å²) in [4.78, 5) is 45.9. The standard InChI is InChI=1S/C48H52N2O8/c1-54-40-28-35-27-39(47(52)49-37(25-15-21-32-17-9-6-10-18-32)26-16-22-33-19-11-7-12-20-33)50(44(34-23-13-8-14-24-34)38(35)31-41(40)55-2)48(53)45(51)36-29-42(56-3)46(58-5)43(30-36)57-4/h6-14,17-20,23-24,28-31,37,39,44H,15-16,21-22,25-27H2,1-5H3,(H,49,52)/t39-,44-/m0/s1. The first-order chi connectivity index (χ1) is 28.3. The minimum absolute atomic E-state index is 0.0308. The van der Waals surface area contributed by atoms with E-state index in [9.17, 15) is 9.59 Å². The van der Waals surface area contributed by atoms with Crippen molar-refractivity contribution in [3.8, 4) is 28.7 Å². The van der Waals surface area contributed by atoms with Crippen LogP contribution in [0.1, 0.15) is 69.9 Å². The van der Waals surface area contributed by atoms with Gasteiger partial charge in [0.25, 0.3) is 11.7 Å². The third-order valence-electron chi connectivity index (χ3n) is 10.8. The topological polar surface area (TPSA) is 113 Å². The Kier molecular flexibility index (Phi) is 14.1. The molecule has 0 aliphatic carbocycles. The summed E-state index contributed by atoms with van der Waals surface area (Å²) < 4.78 is 28.0. The van der Waals surface area contributed by atoms with Gasteiger partial charge in [-0.05, 0) is 90.6 Å². The number of rotatable bonds is 18. The predicted molar refractivity (Wildman–Crippen MR) is 223 cm³/mol. The minimum Gasteiger partial charge on any atom is -0.493 e. The van der Waals surface area contributed by atoms with Crippen LogP contribution >= 0.6 is 0 Å². The van der Waals surface area contributed by atoms with Crippen LogP contribution in [0.15, 0.2) is 115 Å². The molecule has 1 aliphatic rings. The van der Waals surface area contributed by atoms with E-state index >= 15 is 4.79 Å². The Balaban J connectivity index is 1.40. The van der Waals surface area contributed by atoms with Gasteiger partial charge in [0.15, 0.2) is 23.0 Å². The molecule has 0 radical (unpaired) electrons. The highest BCUT2D eigenvalue weighted by atomic mass is 16.5. The maximum atomic E-state index is 15.0. The van der Waals surface area contributed by atoms with Gasteiger partial charge in [-0.25, -0.2) is 0 Å². The molecule has 2 amide bonds. The zero-order chi connectivity index (χ0) is 41.0. The van der Waals surface area contributed by atoms with Crippen LogP contribution in [0.2, 0.25) is 0 Å². The van der Waals surface area contributed by atoms with Gasteiger partial charge in [0, 0.05) is 18.0 Å². The first-order valence-corrected chi connectivity index (χ1v) is 19.6. The van der Waals surface area contributed by atoms with Gasteiger partial charge in [-0.15, -0.1) is 0 Å². The third-order valence-corrected chi connectivity index (χ3v) is 10.8. The molecule has 6 rings (SSSR count). The van der Waals surface area contributed by atoms with E-state index in [-0.39, 0.29) is 41.2 Å². The number of amides is 2. The Hall–Kier alpha value is -6.29. The summed E-state index contributed by atoms with van der Waals surface area (Å²) in [6.07, 6.45) is 5.08. The lowest BCUT2D eigenvalue weighted by atomic mass is 9.83. The smallest absolute Gasteiger partial charge is 0.296 e. The van der Waals surface area contributed by atoms with E-state index in [1.807, 2.05) is 78.9 Å². The van der Waals surface area contributed by atoms with E-state index in [0.29, 0.717) is 11.5 Å². The second-order valence-electron chi connectivity index (χ2n) is 14.4. The summed E-state index contributed by atoms with van der Waals surface area (Å²) >= 11 is 0. The van der Waals surface area contributed by atoms with Crippen LogP contribution in [0.5, 0.6) is 28.7 Å². The van der Waals surface area contributed by atoms with Crippen LogP contribution in [-0.4, -0.2) is 70.1 Å². The van der Waals surface area contributed by atoms with E-state index in [4.69, 9.17) is 23.7 Å². The van der Waals surface area contributed by atoms with Crippen LogP contribution in [0.4, 0.5) is 0 Å². The van der Waals surface area contributed by atoms with Crippen molar-refractivity contribution in [2.24, 2.45) is 0 Å². The number of Topliss-reactive ketones (excluding diaryl/α,β-unsaturated/α-hetero) is 1. The maximum Gasteiger partial charge on any atom is 0.296 e. The van der Waals surface area contributed by atoms with E-state index in [1.54, 1.807) is 14.2 Å². The van der Waals surface area contributed by atoms with Crippen LogP contribution in [0, 0.1) is 0 Å². The van der Waals surface area contributed by atoms with E-state index < -0.39 is 23.8 Å². The minimum atomic E-state index is -1.06. The molecule has 0 fully saturated rings. The van der Waals surface area contributed by atoms with Gasteiger partial charge >= 0.3 is 0 Å². The number of carbonyl (C=O) groups excluding carboxylic acids is 3. The Morgan fingerprint density at radius 2 is 1.14 bits per heavy atom. The molecule has 302 valence electrons. The highest BCUT2D eigenvalue weighted by Gasteiger charge is 2.45. The molecular weight excluding hydrogens is 733 g/mol. The van der Waals surface area contributed by atoms with Gasteiger partial charge in [0.1, 0.15) is 6.04 Å². The zero-order valence-electron chi connectivity index (χ0n) is 33.9. The zero-order valence-corrected chi connectivity index (χ0v) is 33.9. The number of nitrogens with one attached hydrogen (secondary N) is 1. The number of carbonyl (C=O) groups is 3. The fourth-order valence-corrected chi connectivity index (χ4v) is 7.89. The first-order valence-electron chi connectivity index (χ1n) is 19.6. The number of fused-ring (bicyclic) bond motifs is 1. The molecule has 0 saturated carbocycles. The number of benzene rings is 5. The number of hydrogen-bond donors (Lipinski definition) is 1. The first kappa shape index (κ1) is 41.3. The van der Waals surface area contributed by atoms with Crippen molar-refractivity contribution in [2.75, 3.05) is 35.5 Å². The monoisotopic (exact) mass is 784 g/mol. The van der Waals surface area contributed by atoms with Crippen LogP contribution in [-0.2, 0) is 28.9 Å². The third kappa shape index (κ3) is 9.45. The number of ether oxygens (including phenoxy) is 5. The SMILES string of the molecule is COc1cc2c(cc1OC)[C@H](c1ccccc1)N(C(=O)C(=O)c1cc(OC)c(OC)c(OC)c1)[C@H](C(=O)NC(CCCc1ccccc1)CCCc1ccccc1)C2. The molecule has 10 nitrogen and oxygen atoms in total. The molecule has 0 unspecified atom stereocenters. The van der Waals surface area contributed by atoms with Crippen molar-refractivity contribution in [2.45, 2.75) is 63.1 Å². The molecule has 58 heavy (non-hydrogen) atoms. The summed E-state index contributed by atoms with van der Waals surface area (Å²) in [6.45, 7) is 0. The summed E-state index contributed by atoms with van der Waals surface area (Å²) in [5.74, 6) is -0.324. The van der Waals surface area contributed by atoms with E-state index in [0.717, 1.165) is 55.2 Å². The Labute approximate surface area is 341 Å². The largest absolute Gasteiger partial charge is 0.493 e. The normalized spacial score (nSPS) is 14.6.